The van der Waals surface area contributed by atoms with Crippen molar-refractivity contribution in [3.05, 3.63) is 108 Å². The molecular formula is C31H27N5O. The van der Waals surface area contributed by atoms with Crippen LogP contribution in [-0.4, -0.2) is 25.5 Å². The van der Waals surface area contributed by atoms with Crippen molar-refractivity contribution in [3.63, 3.8) is 0 Å². The summed E-state index contributed by atoms with van der Waals surface area (Å²) >= 11 is 0. The lowest BCUT2D eigenvalue weighted by Gasteiger charge is -2.13. The quantitative estimate of drug-likeness (QED) is 0.292. The molecule has 0 radical (unpaired) electrons. The molecule has 1 N–H and O–H groups in total. The second-order valence-corrected chi connectivity index (χ2v) is 9.41. The van der Waals surface area contributed by atoms with Crippen molar-refractivity contribution in [2.75, 3.05) is 5.32 Å². The Kier molecular flexibility index (Phi) is 6.06. The number of imidazole rings is 1. The molecule has 3 aromatic heterocycles. The molecule has 5 aromatic rings. The Morgan fingerprint density at radius 3 is 2.65 bits per heavy atom. The number of amides is 1. The van der Waals surface area contributed by atoms with E-state index in [4.69, 9.17) is 5.10 Å². The molecule has 1 aliphatic rings. The highest BCUT2D eigenvalue weighted by Crippen LogP contribution is 2.31. The number of hydrogen-bond acceptors (Lipinski definition) is 4. The Morgan fingerprint density at radius 2 is 1.81 bits per heavy atom. The Hall–Kier alpha value is -4.58. The molecule has 1 amide bonds. The van der Waals surface area contributed by atoms with E-state index in [1.165, 1.54) is 18.4 Å². The smallest absolute Gasteiger partial charge is 0.256 e. The zero-order chi connectivity index (χ0) is 25.2. The van der Waals surface area contributed by atoms with Crippen LogP contribution in [0.1, 0.15) is 47.2 Å². The van der Waals surface area contributed by atoms with Crippen molar-refractivity contribution in [2.45, 2.75) is 32.6 Å². The highest BCUT2D eigenvalue weighted by molar-refractivity contribution is 6.04. The first-order valence-electron chi connectivity index (χ1n) is 12.6. The average Bonchev–Trinajstić information content (AvgIpc) is 3.38. The van der Waals surface area contributed by atoms with Crippen LogP contribution in [0.2, 0.25) is 0 Å². The van der Waals surface area contributed by atoms with Crippen LogP contribution in [0.15, 0.2) is 91.4 Å². The number of fused-ring (bicyclic) bond motifs is 1. The van der Waals surface area contributed by atoms with E-state index in [2.05, 4.69) is 52.5 Å². The first-order valence-corrected chi connectivity index (χ1v) is 12.6. The topological polar surface area (TPSA) is 72.2 Å². The molecule has 0 saturated carbocycles. The zero-order valence-corrected chi connectivity index (χ0v) is 20.7. The van der Waals surface area contributed by atoms with Gasteiger partial charge in [-0.1, -0.05) is 36.4 Å². The van der Waals surface area contributed by atoms with Crippen molar-refractivity contribution in [2.24, 2.45) is 0 Å². The second kappa shape index (κ2) is 9.82. The molecule has 0 unspecified atom stereocenters. The number of carbonyl (C=O) groups is 1. The number of pyridine rings is 1. The number of rotatable bonds is 5. The lowest BCUT2D eigenvalue weighted by molar-refractivity contribution is 0.102. The fourth-order valence-electron chi connectivity index (χ4n) is 4.89. The highest BCUT2D eigenvalue weighted by atomic mass is 16.1. The van der Waals surface area contributed by atoms with Gasteiger partial charge in [0, 0.05) is 22.9 Å². The van der Waals surface area contributed by atoms with E-state index < -0.39 is 0 Å². The van der Waals surface area contributed by atoms with Crippen molar-refractivity contribution >= 4 is 22.9 Å². The molecule has 2 aromatic carbocycles. The van der Waals surface area contributed by atoms with Gasteiger partial charge < -0.3 is 5.32 Å². The lowest BCUT2D eigenvalue weighted by atomic mass is 9.95. The standard InChI is InChI=1S/C31H27N5O/c1-21-13-14-25(31(37)35-29-12-5-6-15-32-29)17-27(21)23-10-7-11-24(16-23)28-20-33-30-18-26(19-34-36(28)30)22-8-3-2-4-9-22/h5-8,10-20H,2-4,9H2,1H3,(H,32,35,37). The fraction of sp³-hybridized carbons (Fsp3) is 0.161. The first-order chi connectivity index (χ1) is 18.2. The summed E-state index contributed by atoms with van der Waals surface area (Å²) in [5.41, 5.74) is 9.03. The Balaban J connectivity index is 1.32. The molecule has 0 bridgehead atoms. The number of nitrogens with one attached hydrogen (secondary N) is 1. The summed E-state index contributed by atoms with van der Waals surface area (Å²) in [6, 6.07) is 21.6. The minimum absolute atomic E-state index is 0.189. The summed E-state index contributed by atoms with van der Waals surface area (Å²) in [6.45, 7) is 2.06. The van der Waals surface area contributed by atoms with E-state index >= 15 is 0 Å². The Labute approximate surface area is 215 Å². The van der Waals surface area contributed by atoms with E-state index in [0.29, 0.717) is 11.4 Å². The lowest BCUT2D eigenvalue weighted by Crippen LogP contribution is -2.13. The minimum atomic E-state index is -0.189. The number of benzene rings is 2. The van der Waals surface area contributed by atoms with Crippen molar-refractivity contribution in [1.82, 2.24) is 19.6 Å². The average molecular weight is 486 g/mol. The Morgan fingerprint density at radius 1 is 0.892 bits per heavy atom. The van der Waals surface area contributed by atoms with Gasteiger partial charge in [0.15, 0.2) is 5.65 Å². The maximum absolute atomic E-state index is 12.9. The van der Waals surface area contributed by atoms with Crippen LogP contribution in [0.3, 0.4) is 0 Å². The molecule has 0 aliphatic heterocycles. The fourth-order valence-corrected chi connectivity index (χ4v) is 4.89. The van der Waals surface area contributed by atoms with Crippen LogP contribution in [0.5, 0.6) is 0 Å². The number of carbonyl (C=O) groups excluding carboxylic acids is 1. The molecule has 0 fully saturated rings. The van der Waals surface area contributed by atoms with Crippen molar-refractivity contribution in [3.8, 4) is 22.4 Å². The number of hydrogen-bond donors (Lipinski definition) is 1. The van der Waals surface area contributed by atoms with Crippen LogP contribution in [0, 0.1) is 6.92 Å². The van der Waals surface area contributed by atoms with E-state index in [-0.39, 0.29) is 5.91 Å². The van der Waals surface area contributed by atoms with Crippen molar-refractivity contribution < 1.29 is 4.79 Å². The van der Waals surface area contributed by atoms with E-state index in [1.807, 2.05) is 53.3 Å². The maximum Gasteiger partial charge on any atom is 0.256 e. The monoisotopic (exact) mass is 485 g/mol. The van der Waals surface area contributed by atoms with Gasteiger partial charge in [-0.3, -0.25) is 4.79 Å². The van der Waals surface area contributed by atoms with Crippen LogP contribution in [0.25, 0.3) is 33.6 Å². The van der Waals surface area contributed by atoms with Gasteiger partial charge in [-0.25, -0.2) is 14.5 Å². The van der Waals surface area contributed by atoms with Crippen LogP contribution >= 0.6 is 0 Å². The van der Waals surface area contributed by atoms with Gasteiger partial charge in [0.05, 0.1) is 18.1 Å². The molecule has 0 atom stereocenters. The molecular weight excluding hydrogens is 458 g/mol. The van der Waals surface area contributed by atoms with Crippen LogP contribution in [-0.2, 0) is 0 Å². The molecule has 0 saturated heterocycles. The third-order valence-corrected chi connectivity index (χ3v) is 6.90. The molecule has 6 heteroatoms. The second-order valence-electron chi connectivity index (χ2n) is 9.41. The largest absolute Gasteiger partial charge is 0.307 e. The summed E-state index contributed by atoms with van der Waals surface area (Å²) in [4.78, 5) is 21.7. The highest BCUT2D eigenvalue weighted by Gasteiger charge is 2.14. The molecule has 6 rings (SSSR count). The summed E-state index contributed by atoms with van der Waals surface area (Å²) in [6.07, 6.45) is 12.6. The molecule has 182 valence electrons. The third kappa shape index (κ3) is 4.66. The van der Waals surface area contributed by atoms with Gasteiger partial charge in [-0.15, -0.1) is 0 Å². The molecule has 0 spiro atoms. The number of aromatic nitrogens is 4. The molecule has 3 heterocycles. The third-order valence-electron chi connectivity index (χ3n) is 6.90. The molecule has 1 aliphatic carbocycles. The normalized spacial score (nSPS) is 13.4. The number of anilines is 1. The maximum atomic E-state index is 12.9. The predicted octanol–water partition coefficient (Wildman–Crippen LogP) is 6.98. The summed E-state index contributed by atoms with van der Waals surface area (Å²) < 4.78 is 1.90. The number of nitrogens with zero attached hydrogens (tertiary/aromatic N) is 4. The SMILES string of the molecule is Cc1ccc(C(=O)Nc2ccccn2)cc1-c1cccc(-c2cnc3cc(C4=CCCCC4)cnn23)c1. The van der Waals surface area contributed by atoms with E-state index in [1.54, 1.807) is 12.3 Å². The summed E-state index contributed by atoms with van der Waals surface area (Å²) in [5, 5.41) is 7.61. The molecule has 37 heavy (non-hydrogen) atoms. The zero-order valence-electron chi connectivity index (χ0n) is 20.7. The summed E-state index contributed by atoms with van der Waals surface area (Å²) in [7, 11) is 0. The van der Waals surface area contributed by atoms with Crippen molar-refractivity contribution in [1.29, 1.82) is 0 Å². The minimum Gasteiger partial charge on any atom is -0.307 e. The molecule has 6 nitrogen and oxygen atoms in total. The first kappa shape index (κ1) is 22.9. The number of aryl methyl sites for hydroxylation is 1. The van der Waals surface area contributed by atoms with Gasteiger partial charge in [0.2, 0.25) is 0 Å². The van der Waals surface area contributed by atoms with Gasteiger partial charge in [-0.05, 0) is 91.3 Å². The summed E-state index contributed by atoms with van der Waals surface area (Å²) in [5.74, 6) is 0.339. The van der Waals surface area contributed by atoms with E-state index in [0.717, 1.165) is 52.0 Å². The predicted molar refractivity (Wildman–Crippen MR) is 147 cm³/mol. The Bertz CT molecular complexity index is 1630. The van der Waals surface area contributed by atoms with Gasteiger partial charge in [-0.2, -0.15) is 5.10 Å². The van der Waals surface area contributed by atoms with Gasteiger partial charge >= 0.3 is 0 Å². The number of allylic oxidation sites excluding steroid dienone is 2. The van der Waals surface area contributed by atoms with Crippen LogP contribution < -0.4 is 5.32 Å². The van der Waals surface area contributed by atoms with E-state index in [9.17, 15) is 4.79 Å². The van der Waals surface area contributed by atoms with Gasteiger partial charge in [0.1, 0.15) is 5.82 Å². The van der Waals surface area contributed by atoms with Crippen LogP contribution in [0.4, 0.5) is 5.82 Å². The van der Waals surface area contributed by atoms with Gasteiger partial charge in [0.25, 0.3) is 5.91 Å².